The van der Waals surface area contributed by atoms with Crippen LogP contribution in [0, 0.1) is 0 Å². The summed E-state index contributed by atoms with van der Waals surface area (Å²) in [7, 11) is -3.41. The van der Waals surface area contributed by atoms with Gasteiger partial charge >= 0.3 is 0 Å². The molecule has 2 rings (SSSR count). The van der Waals surface area contributed by atoms with E-state index in [1.165, 1.54) is 4.31 Å². The van der Waals surface area contributed by atoms with E-state index >= 15 is 0 Å². The van der Waals surface area contributed by atoms with Crippen LogP contribution in [0.4, 0.5) is 11.4 Å². The lowest BCUT2D eigenvalue weighted by atomic mass is 10.2. The Kier molecular flexibility index (Phi) is 4.85. The molecule has 0 saturated heterocycles. The van der Waals surface area contributed by atoms with Crippen molar-refractivity contribution in [3.8, 4) is 0 Å². The molecule has 5 heteroatoms. The highest BCUT2D eigenvalue weighted by Crippen LogP contribution is 2.22. The zero-order valence-corrected chi connectivity index (χ0v) is 12.9. The Labute approximate surface area is 126 Å². The van der Waals surface area contributed by atoms with E-state index in [9.17, 15) is 8.42 Å². The predicted octanol–water partition coefficient (Wildman–Crippen LogP) is 3.02. The third-order valence-corrected chi connectivity index (χ3v) is 4.90. The summed E-state index contributed by atoms with van der Waals surface area (Å²) in [6.45, 7) is 2.42. The molecule has 0 radical (unpaired) electrons. The van der Waals surface area contributed by atoms with E-state index in [1.807, 2.05) is 37.3 Å². The first kappa shape index (κ1) is 15.4. The van der Waals surface area contributed by atoms with Gasteiger partial charge in [-0.15, -0.1) is 0 Å². The van der Waals surface area contributed by atoms with Crippen LogP contribution in [0.5, 0.6) is 0 Å². The van der Waals surface area contributed by atoms with Crippen LogP contribution in [0.15, 0.2) is 54.6 Å². The van der Waals surface area contributed by atoms with Crippen LogP contribution < -0.4 is 10.0 Å². The molecule has 0 aromatic heterocycles. The standard InChI is InChI=1S/C16H20N2O2S/c1-2-12-18(16-10-8-15(17)9-11-16)21(19,20)13-14-6-4-3-5-7-14/h3-11H,2,12-13,17H2,1H3. The number of hydrogen-bond acceptors (Lipinski definition) is 3. The van der Waals surface area contributed by atoms with Crippen molar-refractivity contribution in [3.05, 3.63) is 60.2 Å². The van der Waals surface area contributed by atoms with Gasteiger partial charge in [-0.05, 0) is 36.2 Å². The van der Waals surface area contributed by atoms with Crippen molar-refractivity contribution in [1.82, 2.24) is 0 Å². The van der Waals surface area contributed by atoms with E-state index < -0.39 is 10.0 Å². The van der Waals surface area contributed by atoms with Gasteiger partial charge in [-0.25, -0.2) is 8.42 Å². The van der Waals surface area contributed by atoms with Gasteiger partial charge in [0.25, 0.3) is 0 Å². The van der Waals surface area contributed by atoms with Crippen molar-refractivity contribution >= 4 is 21.4 Å². The average molecular weight is 304 g/mol. The highest BCUT2D eigenvalue weighted by Gasteiger charge is 2.22. The molecular formula is C16H20N2O2S. The van der Waals surface area contributed by atoms with E-state index in [-0.39, 0.29) is 5.75 Å². The number of benzene rings is 2. The van der Waals surface area contributed by atoms with Gasteiger partial charge in [0.05, 0.1) is 11.4 Å². The SMILES string of the molecule is CCCN(c1ccc(N)cc1)S(=O)(=O)Cc1ccccc1. The van der Waals surface area contributed by atoms with Crippen molar-refractivity contribution in [3.63, 3.8) is 0 Å². The fraction of sp³-hybridized carbons (Fsp3) is 0.250. The number of nitrogen functional groups attached to an aromatic ring is 1. The molecule has 4 nitrogen and oxygen atoms in total. The molecule has 0 aliphatic heterocycles. The van der Waals surface area contributed by atoms with Gasteiger partial charge in [0, 0.05) is 12.2 Å². The number of anilines is 2. The summed E-state index contributed by atoms with van der Waals surface area (Å²) < 4.78 is 26.8. The maximum Gasteiger partial charge on any atom is 0.239 e. The van der Waals surface area contributed by atoms with Crippen LogP contribution in [0.2, 0.25) is 0 Å². The van der Waals surface area contributed by atoms with Gasteiger partial charge in [-0.2, -0.15) is 0 Å². The molecule has 0 saturated carbocycles. The molecular weight excluding hydrogens is 284 g/mol. The Hall–Kier alpha value is -2.01. The number of sulfonamides is 1. The summed E-state index contributed by atoms with van der Waals surface area (Å²) in [4.78, 5) is 0. The van der Waals surface area contributed by atoms with Crippen LogP contribution >= 0.6 is 0 Å². The first-order valence-corrected chi connectivity index (χ1v) is 8.53. The molecule has 112 valence electrons. The van der Waals surface area contributed by atoms with Crippen molar-refractivity contribution < 1.29 is 8.42 Å². The largest absolute Gasteiger partial charge is 0.399 e. The first-order valence-electron chi connectivity index (χ1n) is 6.93. The summed E-state index contributed by atoms with van der Waals surface area (Å²) >= 11 is 0. The van der Waals surface area contributed by atoms with E-state index in [2.05, 4.69) is 0 Å². The summed E-state index contributed by atoms with van der Waals surface area (Å²) in [6.07, 6.45) is 0.748. The Morgan fingerprint density at radius 1 is 1.00 bits per heavy atom. The lowest BCUT2D eigenvalue weighted by Gasteiger charge is -2.24. The van der Waals surface area contributed by atoms with E-state index in [4.69, 9.17) is 5.73 Å². The molecule has 0 unspecified atom stereocenters. The van der Waals surface area contributed by atoms with Gasteiger partial charge < -0.3 is 5.73 Å². The molecule has 21 heavy (non-hydrogen) atoms. The molecule has 0 aliphatic carbocycles. The van der Waals surface area contributed by atoms with Crippen molar-refractivity contribution in [2.75, 3.05) is 16.6 Å². The van der Waals surface area contributed by atoms with Gasteiger partial charge in [0.1, 0.15) is 0 Å². The van der Waals surface area contributed by atoms with E-state index in [0.717, 1.165) is 12.0 Å². The maximum absolute atomic E-state index is 12.7. The summed E-state index contributed by atoms with van der Waals surface area (Å²) in [5, 5.41) is 0. The smallest absolute Gasteiger partial charge is 0.239 e. The van der Waals surface area contributed by atoms with Gasteiger partial charge in [-0.3, -0.25) is 4.31 Å². The summed E-state index contributed by atoms with van der Waals surface area (Å²) in [5.41, 5.74) is 7.73. The highest BCUT2D eigenvalue weighted by atomic mass is 32.2. The number of rotatable bonds is 6. The van der Waals surface area contributed by atoms with Gasteiger partial charge in [0.15, 0.2) is 0 Å². The Morgan fingerprint density at radius 3 is 2.19 bits per heavy atom. The third-order valence-electron chi connectivity index (χ3n) is 3.14. The topological polar surface area (TPSA) is 63.4 Å². The first-order chi connectivity index (χ1) is 10.0. The minimum absolute atomic E-state index is 0.00177. The Balaban J connectivity index is 2.30. The number of nitrogens with two attached hydrogens (primary N) is 1. The summed E-state index contributed by atoms with van der Waals surface area (Å²) in [5.74, 6) is -0.00177. The van der Waals surface area contributed by atoms with Crippen molar-refractivity contribution in [2.45, 2.75) is 19.1 Å². The normalized spacial score (nSPS) is 11.3. The van der Waals surface area contributed by atoms with Gasteiger partial charge in [-0.1, -0.05) is 37.3 Å². The number of hydrogen-bond donors (Lipinski definition) is 1. The van der Waals surface area contributed by atoms with Crippen LogP contribution in [0.25, 0.3) is 0 Å². The Morgan fingerprint density at radius 2 is 1.62 bits per heavy atom. The zero-order valence-electron chi connectivity index (χ0n) is 12.1. The quantitative estimate of drug-likeness (QED) is 0.834. The molecule has 0 amide bonds. The Bertz CT molecular complexity index is 667. The zero-order chi connectivity index (χ0) is 15.3. The maximum atomic E-state index is 12.7. The molecule has 0 heterocycles. The second-order valence-electron chi connectivity index (χ2n) is 4.91. The van der Waals surface area contributed by atoms with Crippen LogP contribution in [-0.2, 0) is 15.8 Å². The highest BCUT2D eigenvalue weighted by molar-refractivity contribution is 7.92. The van der Waals surface area contributed by atoms with Crippen LogP contribution in [0.3, 0.4) is 0 Å². The third kappa shape index (κ3) is 3.98. The molecule has 2 N–H and O–H groups in total. The van der Waals surface area contributed by atoms with E-state index in [0.29, 0.717) is 17.9 Å². The minimum atomic E-state index is -3.41. The van der Waals surface area contributed by atoms with Gasteiger partial charge in [0.2, 0.25) is 10.0 Å². The second kappa shape index (κ2) is 6.63. The lowest BCUT2D eigenvalue weighted by Crippen LogP contribution is -2.32. The molecule has 0 spiro atoms. The minimum Gasteiger partial charge on any atom is -0.399 e. The fourth-order valence-electron chi connectivity index (χ4n) is 2.14. The van der Waals surface area contributed by atoms with Crippen molar-refractivity contribution in [2.24, 2.45) is 0 Å². The molecule has 2 aromatic carbocycles. The molecule has 0 atom stereocenters. The lowest BCUT2D eigenvalue weighted by molar-refractivity contribution is 0.589. The van der Waals surface area contributed by atoms with Crippen LogP contribution in [-0.4, -0.2) is 15.0 Å². The average Bonchev–Trinajstić information content (AvgIpc) is 2.46. The van der Waals surface area contributed by atoms with Crippen molar-refractivity contribution in [1.29, 1.82) is 0 Å². The molecule has 0 fully saturated rings. The van der Waals surface area contributed by atoms with E-state index in [1.54, 1.807) is 24.3 Å². The molecule has 0 aliphatic rings. The van der Waals surface area contributed by atoms with Crippen LogP contribution in [0.1, 0.15) is 18.9 Å². The summed E-state index contributed by atoms with van der Waals surface area (Å²) in [6, 6.07) is 16.1. The second-order valence-corrected chi connectivity index (χ2v) is 6.80. The number of nitrogens with zero attached hydrogens (tertiary/aromatic N) is 1. The predicted molar refractivity (Wildman–Crippen MR) is 87.6 cm³/mol. The molecule has 2 aromatic rings. The monoisotopic (exact) mass is 304 g/mol. The fourth-order valence-corrected chi connectivity index (χ4v) is 3.81. The molecule has 0 bridgehead atoms.